The summed E-state index contributed by atoms with van der Waals surface area (Å²) in [5.41, 5.74) is -0.277. The zero-order valence-corrected chi connectivity index (χ0v) is 13.0. The monoisotopic (exact) mass is 324 g/mol. The Bertz CT molecular complexity index is 860. The third-order valence-corrected chi connectivity index (χ3v) is 4.50. The van der Waals surface area contributed by atoms with Gasteiger partial charge in [0.25, 0.3) is 11.5 Å². The van der Waals surface area contributed by atoms with Crippen LogP contribution in [0.15, 0.2) is 29.1 Å². The molecule has 2 N–H and O–H groups in total. The first-order valence-corrected chi connectivity index (χ1v) is 8.32. The SMILES string of the molecule is CN(CCNC(=O)c1n[nH]c(=O)c2ccccc12)S(C)(=O)=O. The zero-order valence-electron chi connectivity index (χ0n) is 12.2. The van der Waals surface area contributed by atoms with Crippen LogP contribution in [0.5, 0.6) is 0 Å². The Morgan fingerprint density at radius 2 is 1.95 bits per heavy atom. The third kappa shape index (κ3) is 3.49. The second-order valence-corrected chi connectivity index (χ2v) is 6.88. The van der Waals surface area contributed by atoms with E-state index in [1.54, 1.807) is 24.3 Å². The van der Waals surface area contributed by atoms with Crippen LogP contribution in [0.4, 0.5) is 0 Å². The molecule has 2 aromatic rings. The van der Waals surface area contributed by atoms with E-state index >= 15 is 0 Å². The van der Waals surface area contributed by atoms with Crippen LogP contribution in [-0.2, 0) is 10.0 Å². The Labute approximate surface area is 127 Å². The molecule has 0 radical (unpaired) electrons. The maximum Gasteiger partial charge on any atom is 0.272 e. The number of carbonyl (C=O) groups excluding carboxylic acids is 1. The highest BCUT2D eigenvalue weighted by molar-refractivity contribution is 7.88. The minimum atomic E-state index is -3.29. The Hall–Kier alpha value is -2.26. The molecule has 9 heteroatoms. The van der Waals surface area contributed by atoms with Crippen LogP contribution >= 0.6 is 0 Å². The normalized spacial score (nSPS) is 11.8. The van der Waals surface area contributed by atoms with Gasteiger partial charge in [0, 0.05) is 25.5 Å². The van der Waals surface area contributed by atoms with Crippen molar-refractivity contribution in [1.82, 2.24) is 19.8 Å². The lowest BCUT2D eigenvalue weighted by atomic mass is 10.1. The van der Waals surface area contributed by atoms with Gasteiger partial charge < -0.3 is 5.32 Å². The average molecular weight is 324 g/mol. The van der Waals surface area contributed by atoms with Gasteiger partial charge >= 0.3 is 0 Å². The highest BCUT2D eigenvalue weighted by Crippen LogP contribution is 2.11. The first kappa shape index (κ1) is 16.1. The molecule has 1 heterocycles. The number of amides is 1. The number of hydrogen-bond acceptors (Lipinski definition) is 5. The molecule has 0 spiro atoms. The van der Waals surface area contributed by atoms with Crippen LogP contribution in [0.2, 0.25) is 0 Å². The molecule has 0 atom stereocenters. The van der Waals surface area contributed by atoms with Gasteiger partial charge in [-0.3, -0.25) is 9.59 Å². The number of hydrogen-bond donors (Lipinski definition) is 2. The predicted molar refractivity (Wildman–Crippen MR) is 82.2 cm³/mol. The van der Waals surface area contributed by atoms with Gasteiger partial charge in [0.1, 0.15) is 0 Å². The van der Waals surface area contributed by atoms with Crippen molar-refractivity contribution >= 4 is 26.7 Å². The van der Waals surface area contributed by atoms with Crippen LogP contribution in [0.3, 0.4) is 0 Å². The molecule has 1 aromatic heterocycles. The van der Waals surface area contributed by atoms with E-state index in [4.69, 9.17) is 0 Å². The number of rotatable bonds is 5. The number of H-pyrrole nitrogens is 1. The first-order valence-electron chi connectivity index (χ1n) is 6.47. The summed E-state index contributed by atoms with van der Waals surface area (Å²) in [4.78, 5) is 23.8. The Morgan fingerprint density at radius 1 is 1.32 bits per heavy atom. The lowest BCUT2D eigenvalue weighted by Crippen LogP contribution is -2.36. The molecule has 0 saturated carbocycles. The molecule has 0 aliphatic carbocycles. The van der Waals surface area contributed by atoms with Crippen molar-refractivity contribution in [2.24, 2.45) is 0 Å². The Morgan fingerprint density at radius 3 is 2.59 bits per heavy atom. The van der Waals surface area contributed by atoms with Gasteiger partial charge in [-0.25, -0.2) is 17.8 Å². The molecule has 8 nitrogen and oxygen atoms in total. The lowest BCUT2D eigenvalue weighted by Gasteiger charge is -2.14. The second-order valence-electron chi connectivity index (χ2n) is 4.79. The fraction of sp³-hybridized carbons (Fsp3) is 0.308. The maximum atomic E-state index is 12.1. The predicted octanol–water partition coefficient (Wildman–Crippen LogP) is -0.456. The summed E-state index contributed by atoms with van der Waals surface area (Å²) in [7, 11) is -1.86. The van der Waals surface area contributed by atoms with Gasteiger partial charge in [-0.05, 0) is 6.07 Å². The number of sulfonamides is 1. The number of aromatic nitrogens is 2. The van der Waals surface area contributed by atoms with Crippen molar-refractivity contribution in [2.75, 3.05) is 26.4 Å². The number of carbonyl (C=O) groups is 1. The summed E-state index contributed by atoms with van der Waals surface area (Å²) in [5, 5.41) is 9.45. The summed E-state index contributed by atoms with van der Waals surface area (Å²) < 4.78 is 23.6. The fourth-order valence-electron chi connectivity index (χ4n) is 1.86. The van der Waals surface area contributed by atoms with Crippen LogP contribution in [0, 0.1) is 0 Å². The highest BCUT2D eigenvalue weighted by Gasteiger charge is 2.15. The van der Waals surface area contributed by atoms with E-state index in [9.17, 15) is 18.0 Å². The molecular formula is C13H16N4O4S. The van der Waals surface area contributed by atoms with Gasteiger partial charge in [-0.15, -0.1) is 0 Å². The van der Waals surface area contributed by atoms with Gasteiger partial charge in [0.2, 0.25) is 10.0 Å². The quantitative estimate of drug-likeness (QED) is 0.773. The molecule has 1 amide bonds. The van der Waals surface area contributed by atoms with E-state index in [-0.39, 0.29) is 24.3 Å². The molecule has 0 unspecified atom stereocenters. The van der Waals surface area contributed by atoms with E-state index < -0.39 is 15.9 Å². The van der Waals surface area contributed by atoms with E-state index in [0.717, 1.165) is 10.6 Å². The largest absolute Gasteiger partial charge is 0.349 e. The molecule has 0 bridgehead atoms. The van der Waals surface area contributed by atoms with E-state index in [1.807, 2.05) is 0 Å². The van der Waals surface area contributed by atoms with E-state index in [2.05, 4.69) is 15.5 Å². The fourth-order valence-corrected chi connectivity index (χ4v) is 2.29. The number of aromatic amines is 1. The molecular weight excluding hydrogens is 308 g/mol. The molecule has 0 fully saturated rings. The van der Waals surface area contributed by atoms with Gasteiger partial charge in [0.15, 0.2) is 5.69 Å². The molecule has 22 heavy (non-hydrogen) atoms. The zero-order chi connectivity index (χ0) is 16.3. The standard InChI is InChI=1S/C13H16N4O4S/c1-17(22(2,20)21)8-7-14-13(19)11-9-5-3-4-6-10(9)12(18)16-15-11/h3-6H,7-8H2,1-2H3,(H,14,19)(H,16,18). The third-order valence-electron chi connectivity index (χ3n) is 3.19. The maximum absolute atomic E-state index is 12.1. The van der Waals surface area contributed by atoms with Crippen molar-refractivity contribution in [3.8, 4) is 0 Å². The van der Waals surface area contributed by atoms with Crippen LogP contribution in [0.1, 0.15) is 10.5 Å². The van der Waals surface area contributed by atoms with Crippen molar-refractivity contribution in [3.05, 3.63) is 40.3 Å². The summed E-state index contributed by atoms with van der Waals surface area (Å²) in [5.74, 6) is -0.477. The molecule has 2 rings (SSSR count). The smallest absolute Gasteiger partial charge is 0.272 e. The molecule has 1 aromatic carbocycles. The minimum Gasteiger partial charge on any atom is -0.349 e. The van der Waals surface area contributed by atoms with Gasteiger partial charge in [-0.2, -0.15) is 5.10 Å². The van der Waals surface area contributed by atoms with Crippen LogP contribution in [0.25, 0.3) is 10.8 Å². The van der Waals surface area contributed by atoms with Crippen molar-refractivity contribution in [1.29, 1.82) is 0 Å². The molecule has 0 aliphatic heterocycles. The van der Waals surface area contributed by atoms with Crippen LogP contribution in [-0.4, -0.2) is 55.2 Å². The molecule has 0 saturated heterocycles. The second kappa shape index (κ2) is 6.24. The Kier molecular flexibility index (Phi) is 4.57. The number of nitrogens with one attached hydrogen (secondary N) is 2. The topological polar surface area (TPSA) is 112 Å². The van der Waals surface area contributed by atoms with Crippen molar-refractivity contribution in [3.63, 3.8) is 0 Å². The van der Waals surface area contributed by atoms with Crippen LogP contribution < -0.4 is 10.9 Å². The van der Waals surface area contributed by atoms with Crippen molar-refractivity contribution < 1.29 is 13.2 Å². The van der Waals surface area contributed by atoms with E-state index in [0.29, 0.717) is 10.8 Å². The summed E-state index contributed by atoms with van der Waals surface area (Å²) in [6, 6.07) is 6.64. The highest BCUT2D eigenvalue weighted by atomic mass is 32.2. The summed E-state index contributed by atoms with van der Waals surface area (Å²) in [6.07, 6.45) is 1.09. The average Bonchev–Trinajstić information content (AvgIpc) is 2.46. The van der Waals surface area contributed by atoms with Gasteiger partial charge in [0.05, 0.1) is 11.6 Å². The number of likely N-dealkylation sites (N-methyl/N-ethyl adjacent to an activating group) is 1. The number of fused-ring (bicyclic) bond motifs is 1. The van der Waals surface area contributed by atoms with Crippen molar-refractivity contribution in [2.45, 2.75) is 0 Å². The van der Waals surface area contributed by atoms with Gasteiger partial charge in [-0.1, -0.05) is 18.2 Å². The molecule has 118 valence electrons. The first-order chi connectivity index (χ1) is 10.3. The Balaban J connectivity index is 2.14. The molecule has 0 aliphatic rings. The minimum absolute atomic E-state index is 0.0946. The number of nitrogens with zero attached hydrogens (tertiary/aromatic N) is 2. The number of benzene rings is 1. The van der Waals surface area contributed by atoms with E-state index in [1.165, 1.54) is 7.05 Å². The summed E-state index contributed by atoms with van der Waals surface area (Å²) >= 11 is 0. The lowest BCUT2D eigenvalue weighted by molar-refractivity contribution is 0.0948. The summed E-state index contributed by atoms with van der Waals surface area (Å²) in [6.45, 7) is 0.281.